The number of hydrogen-bond donors (Lipinski definition) is 1. The van der Waals surface area contributed by atoms with E-state index in [0.29, 0.717) is 5.56 Å². The number of methoxy groups -OCH3 is 1. The van der Waals surface area contributed by atoms with E-state index in [-0.39, 0.29) is 11.1 Å². The molecular weight excluding hydrogens is 293 g/mol. The normalized spacial score (nSPS) is 11.8. The van der Waals surface area contributed by atoms with Gasteiger partial charge in [-0.05, 0) is 42.8 Å². The average Bonchev–Trinajstić information content (AvgIpc) is 2.49. The van der Waals surface area contributed by atoms with Crippen LogP contribution in [0, 0.1) is 5.82 Å². The molecule has 0 amide bonds. The molecule has 0 aliphatic rings. The number of rotatable bonds is 4. The van der Waals surface area contributed by atoms with Crippen molar-refractivity contribution in [3.8, 4) is 0 Å². The van der Waals surface area contributed by atoms with E-state index >= 15 is 0 Å². The minimum atomic E-state index is -0.453. The van der Waals surface area contributed by atoms with Gasteiger partial charge in [-0.1, -0.05) is 23.7 Å². The van der Waals surface area contributed by atoms with Gasteiger partial charge in [-0.2, -0.15) is 0 Å². The number of carbonyl (C=O) groups is 1. The van der Waals surface area contributed by atoms with E-state index in [2.05, 4.69) is 10.1 Å². The fourth-order valence-electron chi connectivity index (χ4n) is 1.97. The van der Waals surface area contributed by atoms with Crippen molar-refractivity contribution in [2.24, 2.45) is 0 Å². The quantitative estimate of drug-likeness (QED) is 0.849. The Morgan fingerprint density at radius 1 is 1.29 bits per heavy atom. The average molecular weight is 308 g/mol. The van der Waals surface area contributed by atoms with Crippen molar-refractivity contribution in [1.82, 2.24) is 0 Å². The molecule has 110 valence electrons. The molecule has 0 aliphatic carbocycles. The van der Waals surface area contributed by atoms with Crippen molar-refractivity contribution < 1.29 is 13.9 Å². The molecule has 0 heterocycles. The minimum Gasteiger partial charge on any atom is -0.465 e. The Hall–Kier alpha value is -2.07. The van der Waals surface area contributed by atoms with E-state index in [1.54, 1.807) is 24.3 Å². The summed E-state index contributed by atoms with van der Waals surface area (Å²) in [6.07, 6.45) is 0. The Morgan fingerprint density at radius 3 is 2.71 bits per heavy atom. The predicted octanol–water partition coefficient (Wildman–Crippen LogP) is 4.44. The number of ether oxygens (including phenoxy) is 1. The van der Waals surface area contributed by atoms with Gasteiger partial charge >= 0.3 is 5.97 Å². The van der Waals surface area contributed by atoms with Gasteiger partial charge in [0.05, 0.1) is 17.7 Å². The fraction of sp³-hybridized carbons (Fsp3) is 0.188. The van der Waals surface area contributed by atoms with Crippen LogP contribution in [0.5, 0.6) is 0 Å². The monoisotopic (exact) mass is 307 g/mol. The molecule has 0 radical (unpaired) electrons. The summed E-state index contributed by atoms with van der Waals surface area (Å²) in [5.41, 5.74) is 1.97. The third-order valence-corrected chi connectivity index (χ3v) is 3.42. The van der Waals surface area contributed by atoms with E-state index in [1.165, 1.54) is 19.2 Å². The summed E-state index contributed by atoms with van der Waals surface area (Å²) >= 11 is 5.67. The molecule has 0 bridgehead atoms. The van der Waals surface area contributed by atoms with Crippen LogP contribution in [0.3, 0.4) is 0 Å². The summed E-state index contributed by atoms with van der Waals surface area (Å²) in [6.45, 7) is 1.90. The molecule has 21 heavy (non-hydrogen) atoms. The maximum absolute atomic E-state index is 13.5. The third kappa shape index (κ3) is 3.73. The van der Waals surface area contributed by atoms with Crippen molar-refractivity contribution in [2.45, 2.75) is 13.0 Å². The second-order valence-corrected chi connectivity index (χ2v) is 5.02. The molecular formula is C16H15ClFNO2. The Balaban J connectivity index is 2.17. The molecule has 0 saturated carbocycles. The van der Waals surface area contributed by atoms with Crippen LogP contribution < -0.4 is 5.32 Å². The number of carbonyl (C=O) groups excluding carboxylic acids is 1. The van der Waals surface area contributed by atoms with Crippen molar-refractivity contribution in [2.75, 3.05) is 12.4 Å². The molecule has 0 aromatic heterocycles. The van der Waals surface area contributed by atoms with Gasteiger partial charge in [-0.25, -0.2) is 9.18 Å². The van der Waals surface area contributed by atoms with Gasteiger partial charge in [-0.15, -0.1) is 0 Å². The highest BCUT2D eigenvalue weighted by Gasteiger charge is 2.10. The maximum Gasteiger partial charge on any atom is 0.337 e. The molecule has 2 aromatic carbocycles. The van der Waals surface area contributed by atoms with E-state index in [0.717, 1.165) is 11.3 Å². The lowest BCUT2D eigenvalue weighted by atomic mass is 10.1. The van der Waals surface area contributed by atoms with Crippen molar-refractivity contribution in [1.29, 1.82) is 0 Å². The summed E-state index contributed by atoms with van der Waals surface area (Å²) in [7, 11) is 1.33. The van der Waals surface area contributed by atoms with Gasteiger partial charge in [0.15, 0.2) is 0 Å². The zero-order chi connectivity index (χ0) is 15.4. The van der Waals surface area contributed by atoms with Crippen LogP contribution in [-0.2, 0) is 4.74 Å². The highest BCUT2D eigenvalue weighted by Crippen LogP contribution is 2.23. The maximum atomic E-state index is 13.5. The molecule has 5 heteroatoms. The van der Waals surface area contributed by atoms with E-state index in [9.17, 15) is 9.18 Å². The first-order valence-electron chi connectivity index (χ1n) is 6.41. The minimum absolute atomic E-state index is 0.0960. The van der Waals surface area contributed by atoms with Crippen LogP contribution in [0.25, 0.3) is 0 Å². The van der Waals surface area contributed by atoms with Crippen LogP contribution in [0.15, 0.2) is 42.5 Å². The standard InChI is InChI=1S/C16H15ClFNO2/c1-10(11-6-7-14(17)15(18)9-11)19-13-5-3-4-12(8-13)16(20)21-2/h3-10,19H,1-2H3. The van der Waals surface area contributed by atoms with Gasteiger partial charge < -0.3 is 10.1 Å². The second-order valence-electron chi connectivity index (χ2n) is 4.61. The van der Waals surface area contributed by atoms with E-state index in [4.69, 9.17) is 11.6 Å². The Labute approximate surface area is 127 Å². The molecule has 2 rings (SSSR count). The lowest BCUT2D eigenvalue weighted by molar-refractivity contribution is 0.0601. The Bertz CT molecular complexity index is 660. The van der Waals surface area contributed by atoms with Crippen molar-refractivity contribution in [3.63, 3.8) is 0 Å². The van der Waals surface area contributed by atoms with Gasteiger partial charge in [0, 0.05) is 11.7 Å². The zero-order valence-corrected chi connectivity index (χ0v) is 12.4. The van der Waals surface area contributed by atoms with Crippen LogP contribution >= 0.6 is 11.6 Å². The molecule has 0 saturated heterocycles. The zero-order valence-electron chi connectivity index (χ0n) is 11.7. The third-order valence-electron chi connectivity index (χ3n) is 3.11. The number of esters is 1. The van der Waals surface area contributed by atoms with Crippen LogP contribution in [-0.4, -0.2) is 13.1 Å². The van der Waals surface area contributed by atoms with Gasteiger partial charge in [0.25, 0.3) is 0 Å². The van der Waals surface area contributed by atoms with E-state index in [1.807, 2.05) is 13.0 Å². The topological polar surface area (TPSA) is 38.3 Å². The first-order valence-corrected chi connectivity index (χ1v) is 6.79. The van der Waals surface area contributed by atoms with Crippen LogP contribution in [0.2, 0.25) is 5.02 Å². The second kappa shape index (κ2) is 6.59. The number of halogens is 2. The summed E-state index contributed by atoms with van der Waals surface area (Å²) in [5.74, 6) is -0.852. The number of hydrogen-bond acceptors (Lipinski definition) is 3. The highest BCUT2D eigenvalue weighted by molar-refractivity contribution is 6.30. The first kappa shape index (κ1) is 15.3. The summed E-state index contributed by atoms with van der Waals surface area (Å²) in [4.78, 5) is 11.5. The highest BCUT2D eigenvalue weighted by atomic mass is 35.5. The molecule has 0 aliphatic heterocycles. The lowest BCUT2D eigenvalue weighted by Gasteiger charge is -2.16. The summed E-state index contributed by atoms with van der Waals surface area (Å²) in [5, 5.41) is 3.30. The Kier molecular flexibility index (Phi) is 4.81. The summed E-state index contributed by atoms with van der Waals surface area (Å²) < 4.78 is 18.2. The molecule has 1 N–H and O–H groups in total. The van der Waals surface area contributed by atoms with E-state index < -0.39 is 11.8 Å². The molecule has 2 aromatic rings. The molecule has 0 spiro atoms. The Morgan fingerprint density at radius 2 is 2.05 bits per heavy atom. The number of benzene rings is 2. The summed E-state index contributed by atoms with van der Waals surface area (Å²) in [6, 6.07) is 11.5. The predicted molar refractivity (Wildman–Crippen MR) is 81.2 cm³/mol. The first-order chi connectivity index (χ1) is 10.0. The van der Waals surface area contributed by atoms with Gasteiger partial charge in [-0.3, -0.25) is 0 Å². The van der Waals surface area contributed by atoms with Crippen molar-refractivity contribution in [3.05, 3.63) is 64.4 Å². The molecule has 0 fully saturated rings. The van der Waals surface area contributed by atoms with Gasteiger partial charge in [0.2, 0.25) is 0 Å². The van der Waals surface area contributed by atoms with Crippen LogP contribution in [0.4, 0.5) is 10.1 Å². The number of nitrogens with one attached hydrogen (secondary N) is 1. The largest absolute Gasteiger partial charge is 0.465 e. The van der Waals surface area contributed by atoms with Crippen LogP contribution in [0.1, 0.15) is 28.9 Å². The number of anilines is 1. The van der Waals surface area contributed by atoms with Crippen molar-refractivity contribution >= 4 is 23.3 Å². The molecule has 1 unspecified atom stereocenters. The molecule has 1 atom stereocenters. The SMILES string of the molecule is COC(=O)c1cccc(NC(C)c2ccc(Cl)c(F)c2)c1. The molecule has 3 nitrogen and oxygen atoms in total. The smallest absolute Gasteiger partial charge is 0.337 e. The lowest BCUT2D eigenvalue weighted by Crippen LogP contribution is -2.08. The van der Waals surface area contributed by atoms with Gasteiger partial charge in [0.1, 0.15) is 5.82 Å². The fourth-order valence-corrected chi connectivity index (χ4v) is 2.09.